The Kier molecular flexibility index (Phi) is 9.79. The van der Waals surface area contributed by atoms with Crippen LogP contribution >= 0.6 is 0 Å². The van der Waals surface area contributed by atoms with Gasteiger partial charge in [-0.25, -0.2) is 0 Å². The third-order valence-electron chi connectivity index (χ3n) is 6.46. The van der Waals surface area contributed by atoms with E-state index in [2.05, 4.69) is 56.6 Å². The number of hydrogen-bond acceptors (Lipinski definition) is 2. The lowest BCUT2D eigenvalue weighted by Crippen LogP contribution is -2.44. The second kappa shape index (κ2) is 13.2. The molecule has 0 bridgehead atoms. The van der Waals surface area contributed by atoms with Gasteiger partial charge in [0, 0.05) is 12.2 Å². The molecule has 0 fully saturated rings. The van der Waals surface area contributed by atoms with Crippen molar-refractivity contribution in [3.8, 4) is 0 Å². The monoisotopic (exact) mass is 492 g/mol. The third kappa shape index (κ3) is 7.65. The maximum atomic E-state index is 14.2. The lowest BCUT2D eigenvalue weighted by atomic mass is 10.0. The third-order valence-corrected chi connectivity index (χ3v) is 6.46. The number of carbonyl (C=O) groups excluding carboxylic acids is 2. The van der Waals surface area contributed by atoms with Gasteiger partial charge in [0.05, 0.1) is 6.42 Å². The van der Waals surface area contributed by atoms with Crippen LogP contribution < -0.4 is 10.2 Å². The SMILES string of the molecule is C=C/C=C(\C=C)CC(=O)NC(C(=O)N(CCc1ccc(C)cc1)c1ccc(C)c(C)c1)c1ccccc1. The number of hydrogen-bond donors (Lipinski definition) is 1. The van der Waals surface area contributed by atoms with Crippen LogP contribution in [0, 0.1) is 20.8 Å². The number of benzene rings is 3. The second-order valence-corrected chi connectivity index (χ2v) is 9.26. The predicted molar refractivity (Wildman–Crippen MR) is 154 cm³/mol. The Labute approximate surface area is 221 Å². The highest BCUT2D eigenvalue weighted by atomic mass is 16.2. The smallest absolute Gasteiger partial charge is 0.254 e. The molecule has 0 heterocycles. The van der Waals surface area contributed by atoms with Crippen molar-refractivity contribution in [1.29, 1.82) is 0 Å². The molecule has 3 aromatic carbocycles. The van der Waals surface area contributed by atoms with Crippen molar-refractivity contribution in [2.24, 2.45) is 0 Å². The summed E-state index contributed by atoms with van der Waals surface area (Å²) < 4.78 is 0. The van der Waals surface area contributed by atoms with Gasteiger partial charge in [-0.2, -0.15) is 0 Å². The van der Waals surface area contributed by atoms with Crippen molar-refractivity contribution in [1.82, 2.24) is 5.32 Å². The molecule has 1 atom stereocenters. The molecule has 4 heteroatoms. The van der Waals surface area contributed by atoms with Crippen molar-refractivity contribution >= 4 is 17.5 Å². The van der Waals surface area contributed by atoms with Crippen molar-refractivity contribution < 1.29 is 9.59 Å². The molecular weight excluding hydrogens is 456 g/mol. The van der Waals surface area contributed by atoms with Crippen molar-refractivity contribution in [3.63, 3.8) is 0 Å². The van der Waals surface area contributed by atoms with Crippen LogP contribution in [0.1, 0.15) is 40.3 Å². The average molecular weight is 493 g/mol. The maximum Gasteiger partial charge on any atom is 0.254 e. The van der Waals surface area contributed by atoms with Gasteiger partial charge in [-0.3, -0.25) is 9.59 Å². The van der Waals surface area contributed by atoms with E-state index in [1.54, 1.807) is 23.1 Å². The predicted octanol–water partition coefficient (Wildman–Crippen LogP) is 6.73. The van der Waals surface area contributed by atoms with E-state index in [0.29, 0.717) is 13.0 Å². The standard InChI is InChI=1S/C33H36N2O2/c1-6-11-27(7-2)23-31(36)34-32(29-12-9-8-10-13-29)33(37)35(30-19-16-25(4)26(5)22-30)21-20-28-17-14-24(3)15-18-28/h6-19,22,32H,1-2,20-21,23H2,3-5H3,(H,34,36)/b27-11+. The first-order valence-electron chi connectivity index (χ1n) is 12.5. The molecule has 3 rings (SSSR count). The van der Waals surface area contributed by atoms with Crippen molar-refractivity contribution in [2.75, 3.05) is 11.4 Å². The Hall–Kier alpha value is -4.18. The fourth-order valence-corrected chi connectivity index (χ4v) is 4.09. The molecule has 37 heavy (non-hydrogen) atoms. The normalized spacial score (nSPS) is 11.9. The second-order valence-electron chi connectivity index (χ2n) is 9.26. The molecule has 1 N–H and O–H groups in total. The highest BCUT2D eigenvalue weighted by molar-refractivity contribution is 6.00. The number of aryl methyl sites for hydroxylation is 3. The zero-order valence-electron chi connectivity index (χ0n) is 22.0. The van der Waals surface area contributed by atoms with E-state index in [-0.39, 0.29) is 18.2 Å². The van der Waals surface area contributed by atoms with Crippen LogP contribution in [0.2, 0.25) is 0 Å². The first kappa shape index (κ1) is 27.4. The Morgan fingerprint density at radius 2 is 1.62 bits per heavy atom. The summed E-state index contributed by atoms with van der Waals surface area (Å²) in [5.74, 6) is -0.434. The molecule has 0 saturated carbocycles. The van der Waals surface area contributed by atoms with Gasteiger partial charge in [-0.1, -0.05) is 97.6 Å². The summed E-state index contributed by atoms with van der Waals surface area (Å²) in [4.78, 5) is 29.0. The van der Waals surface area contributed by atoms with E-state index in [9.17, 15) is 9.59 Å². The Morgan fingerprint density at radius 1 is 0.919 bits per heavy atom. The zero-order valence-corrected chi connectivity index (χ0v) is 22.0. The molecule has 0 aromatic heterocycles. The number of allylic oxidation sites excluding steroid dienone is 3. The Balaban J connectivity index is 1.96. The summed E-state index contributed by atoms with van der Waals surface area (Å²) in [6, 6.07) is 23.0. The number of anilines is 1. The Bertz CT molecular complexity index is 1270. The molecule has 3 aromatic rings. The van der Waals surface area contributed by atoms with Gasteiger partial charge in [0.2, 0.25) is 5.91 Å². The highest BCUT2D eigenvalue weighted by Gasteiger charge is 2.28. The van der Waals surface area contributed by atoms with Gasteiger partial charge < -0.3 is 10.2 Å². The minimum absolute atomic E-state index is 0.110. The molecule has 0 spiro atoms. The summed E-state index contributed by atoms with van der Waals surface area (Å²) >= 11 is 0. The number of rotatable bonds is 11. The fourth-order valence-electron chi connectivity index (χ4n) is 4.09. The van der Waals surface area contributed by atoms with Crippen molar-refractivity contribution in [3.05, 3.63) is 138 Å². The van der Waals surface area contributed by atoms with Crippen LogP contribution in [0.4, 0.5) is 5.69 Å². The minimum Gasteiger partial charge on any atom is -0.340 e. The molecule has 4 nitrogen and oxygen atoms in total. The molecule has 0 aliphatic heterocycles. The van der Waals surface area contributed by atoms with E-state index in [0.717, 1.165) is 33.5 Å². The van der Waals surface area contributed by atoms with Crippen LogP contribution in [0.25, 0.3) is 0 Å². The van der Waals surface area contributed by atoms with Crippen molar-refractivity contribution in [2.45, 2.75) is 39.7 Å². The van der Waals surface area contributed by atoms with E-state index in [1.807, 2.05) is 55.5 Å². The lowest BCUT2D eigenvalue weighted by Gasteiger charge is -2.29. The van der Waals surface area contributed by atoms with Gasteiger partial charge in [-0.15, -0.1) is 0 Å². The van der Waals surface area contributed by atoms with Gasteiger partial charge >= 0.3 is 0 Å². The Morgan fingerprint density at radius 3 is 2.24 bits per heavy atom. The van der Waals surface area contributed by atoms with E-state index in [1.165, 1.54) is 5.56 Å². The topological polar surface area (TPSA) is 49.4 Å². The van der Waals surface area contributed by atoms with E-state index < -0.39 is 6.04 Å². The van der Waals surface area contributed by atoms with E-state index in [4.69, 9.17) is 0 Å². The molecule has 1 unspecified atom stereocenters. The molecule has 0 aliphatic carbocycles. The zero-order chi connectivity index (χ0) is 26.8. The van der Waals surface area contributed by atoms with Crippen LogP contribution in [-0.2, 0) is 16.0 Å². The van der Waals surface area contributed by atoms with Gasteiger partial charge in [0.25, 0.3) is 5.91 Å². The summed E-state index contributed by atoms with van der Waals surface area (Å²) in [7, 11) is 0. The highest BCUT2D eigenvalue weighted by Crippen LogP contribution is 2.25. The molecule has 2 amide bonds. The molecular formula is C33H36N2O2. The first-order valence-corrected chi connectivity index (χ1v) is 12.5. The molecule has 0 saturated heterocycles. The average Bonchev–Trinajstić information content (AvgIpc) is 2.90. The molecule has 0 aliphatic rings. The van der Waals surface area contributed by atoms with Crippen LogP contribution in [-0.4, -0.2) is 18.4 Å². The summed E-state index contributed by atoms with van der Waals surface area (Å²) in [5, 5.41) is 2.99. The first-order chi connectivity index (χ1) is 17.8. The summed E-state index contributed by atoms with van der Waals surface area (Å²) in [5.41, 5.74) is 6.90. The van der Waals surface area contributed by atoms with Gasteiger partial charge in [-0.05, 0) is 67.2 Å². The van der Waals surface area contributed by atoms with Crippen LogP contribution in [0.15, 0.2) is 110 Å². The van der Waals surface area contributed by atoms with Crippen LogP contribution in [0.3, 0.4) is 0 Å². The number of nitrogens with zero attached hydrogens (tertiary/aromatic N) is 1. The minimum atomic E-state index is -0.830. The number of carbonyl (C=O) groups is 2. The molecule has 0 radical (unpaired) electrons. The fraction of sp³-hybridized carbons (Fsp3) is 0.212. The van der Waals surface area contributed by atoms with Gasteiger partial charge in [0.1, 0.15) is 6.04 Å². The number of nitrogens with one attached hydrogen (secondary N) is 1. The maximum absolute atomic E-state index is 14.2. The number of amides is 2. The largest absolute Gasteiger partial charge is 0.340 e. The van der Waals surface area contributed by atoms with E-state index >= 15 is 0 Å². The molecule has 190 valence electrons. The van der Waals surface area contributed by atoms with Gasteiger partial charge in [0.15, 0.2) is 0 Å². The summed E-state index contributed by atoms with van der Waals surface area (Å²) in [6.07, 6.45) is 5.80. The summed E-state index contributed by atoms with van der Waals surface area (Å²) in [6.45, 7) is 14.1. The quantitative estimate of drug-likeness (QED) is 0.302. The van der Waals surface area contributed by atoms with Crippen LogP contribution in [0.5, 0.6) is 0 Å². The lowest BCUT2D eigenvalue weighted by molar-refractivity contribution is -0.127.